The molecule has 41 heavy (non-hydrogen) atoms. The number of benzene rings is 2. The highest BCUT2D eigenvalue weighted by Gasteiger charge is 2.24. The molecule has 6 rings (SSSR count). The summed E-state index contributed by atoms with van der Waals surface area (Å²) < 4.78 is 28.7. The number of primary amides is 1. The van der Waals surface area contributed by atoms with Crippen molar-refractivity contribution in [2.45, 2.75) is 32.6 Å². The quantitative estimate of drug-likeness (QED) is 0.315. The molecule has 9 heteroatoms. The maximum Gasteiger partial charge on any atom is 0.250 e. The number of carbonyl (C=O) groups excluding carboxylic acids is 1. The first-order valence-electron chi connectivity index (χ1n) is 13.5. The van der Waals surface area contributed by atoms with Crippen molar-refractivity contribution in [2.24, 2.45) is 5.73 Å². The van der Waals surface area contributed by atoms with Crippen molar-refractivity contribution in [3.8, 4) is 22.4 Å². The van der Waals surface area contributed by atoms with Crippen LogP contribution >= 0.6 is 0 Å². The Labute approximate surface area is 239 Å². The van der Waals surface area contributed by atoms with E-state index in [-0.39, 0.29) is 5.75 Å². The summed E-state index contributed by atoms with van der Waals surface area (Å²) in [5, 5.41) is 0.659. The van der Waals surface area contributed by atoms with E-state index in [4.69, 9.17) is 10.7 Å². The maximum absolute atomic E-state index is 13.7. The Morgan fingerprint density at radius 2 is 1.78 bits per heavy atom. The molecule has 0 saturated carbocycles. The van der Waals surface area contributed by atoms with Crippen LogP contribution in [0.3, 0.4) is 0 Å². The molecule has 1 aliphatic heterocycles. The zero-order valence-electron chi connectivity index (χ0n) is 23.3. The Bertz CT molecular complexity index is 1910. The van der Waals surface area contributed by atoms with Crippen LogP contribution in [0.25, 0.3) is 33.4 Å². The van der Waals surface area contributed by atoms with Crippen LogP contribution in [-0.2, 0) is 28.7 Å². The van der Waals surface area contributed by atoms with Gasteiger partial charge in [0.15, 0.2) is 5.65 Å². The molecule has 0 fully saturated rings. The van der Waals surface area contributed by atoms with Crippen LogP contribution in [0.4, 0.5) is 0 Å². The number of fused-ring (bicyclic) bond motifs is 2. The first-order chi connectivity index (χ1) is 19.6. The van der Waals surface area contributed by atoms with Gasteiger partial charge in [0, 0.05) is 42.0 Å². The van der Waals surface area contributed by atoms with Crippen LogP contribution in [-0.4, -0.2) is 46.8 Å². The van der Waals surface area contributed by atoms with Crippen LogP contribution in [0.1, 0.15) is 38.3 Å². The average molecular weight is 566 g/mol. The van der Waals surface area contributed by atoms with Crippen LogP contribution in [0.15, 0.2) is 73.1 Å². The number of likely N-dealkylation sites (N-methyl/N-ethyl adjacent to an activating group) is 1. The zero-order valence-corrected chi connectivity index (χ0v) is 24.1. The lowest BCUT2D eigenvalue weighted by Crippen LogP contribution is -2.26. The standard InChI is InChI=1S/C32H31N5O3S/c1-20-13-29(35-21(2)30(20)31(33)38)28-18-37(41(39,40)19-22-7-5-4-6-8-22)32-27(28)15-25(16-34-32)24-10-9-23-11-12-36(3)17-26(23)14-24/h4-10,13-16,18H,11-12,17,19H2,1-3H3,(H2,33,38). The summed E-state index contributed by atoms with van der Waals surface area (Å²) in [6.45, 7) is 5.45. The van der Waals surface area contributed by atoms with Gasteiger partial charge in [-0.15, -0.1) is 0 Å². The van der Waals surface area contributed by atoms with E-state index in [0.717, 1.165) is 30.6 Å². The fourth-order valence-electron chi connectivity index (χ4n) is 5.73. The third-order valence-electron chi connectivity index (χ3n) is 7.77. The summed E-state index contributed by atoms with van der Waals surface area (Å²) in [5.41, 5.74) is 13.8. The Morgan fingerprint density at radius 3 is 2.51 bits per heavy atom. The van der Waals surface area contributed by atoms with Gasteiger partial charge in [-0.3, -0.25) is 9.78 Å². The highest BCUT2D eigenvalue weighted by Crippen LogP contribution is 2.35. The molecular weight excluding hydrogens is 534 g/mol. The first-order valence-corrected chi connectivity index (χ1v) is 15.1. The van der Waals surface area contributed by atoms with Crippen molar-refractivity contribution in [3.05, 3.63) is 107 Å². The fraction of sp³-hybridized carbons (Fsp3) is 0.219. The minimum atomic E-state index is -3.82. The number of aromatic nitrogens is 3. The number of rotatable bonds is 6. The Kier molecular flexibility index (Phi) is 6.71. The van der Waals surface area contributed by atoms with Gasteiger partial charge in [-0.2, -0.15) is 0 Å². The molecule has 1 amide bonds. The normalized spacial score (nSPS) is 13.8. The monoisotopic (exact) mass is 565 g/mol. The summed E-state index contributed by atoms with van der Waals surface area (Å²) in [7, 11) is -1.70. The molecule has 2 N–H and O–H groups in total. The van der Waals surface area contributed by atoms with Gasteiger partial charge < -0.3 is 10.6 Å². The van der Waals surface area contributed by atoms with E-state index in [9.17, 15) is 13.2 Å². The number of hydrogen-bond donors (Lipinski definition) is 1. The van der Waals surface area contributed by atoms with Crippen LogP contribution < -0.4 is 5.73 Å². The molecule has 4 heterocycles. The van der Waals surface area contributed by atoms with E-state index in [1.54, 1.807) is 44.4 Å². The fourth-order valence-corrected chi connectivity index (χ4v) is 7.16. The Morgan fingerprint density at radius 1 is 1.00 bits per heavy atom. The molecular formula is C32H31N5O3S. The second-order valence-electron chi connectivity index (χ2n) is 10.8. The molecule has 5 aromatic rings. The molecule has 3 aromatic heterocycles. The predicted octanol–water partition coefficient (Wildman–Crippen LogP) is 4.85. The molecule has 0 unspecified atom stereocenters. The largest absolute Gasteiger partial charge is 0.366 e. The second-order valence-corrected chi connectivity index (χ2v) is 12.6. The van der Waals surface area contributed by atoms with Gasteiger partial charge in [-0.1, -0.05) is 42.5 Å². The lowest BCUT2D eigenvalue weighted by atomic mass is 9.95. The molecule has 0 saturated heterocycles. The zero-order chi connectivity index (χ0) is 28.9. The van der Waals surface area contributed by atoms with Crippen molar-refractivity contribution in [3.63, 3.8) is 0 Å². The minimum Gasteiger partial charge on any atom is -0.366 e. The maximum atomic E-state index is 13.7. The summed E-state index contributed by atoms with van der Waals surface area (Å²) in [4.78, 5) is 23.7. The number of pyridine rings is 2. The van der Waals surface area contributed by atoms with Crippen molar-refractivity contribution < 1.29 is 13.2 Å². The summed E-state index contributed by atoms with van der Waals surface area (Å²) in [6, 6.07) is 19.3. The molecule has 0 spiro atoms. The Balaban J connectivity index is 1.54. The molecule has 2 aromatic carbocycles. The lowest BCUT2D eigenvalue weighted by molar-refractivity contribution is 0.0998. The molecule has 0 bridgehead atoms. The average Bonchev–Trinajstić information content (AvgIpc) is 3.32. The number of nitrogens with two attached hydrogens (primary N) is 1. The summed E-state index contributed by atoms with van der Waals surface area (Å²) >= 11 is 0. The Hall–Kier alpha value is -4.34. The van der Waals surface area contributed by atoms with E-state index in [1.165, 1.54) is 15.1 Å². The molecule has 208 valence electrons. The molecule has 0 aliphatic carbocycles. The first kappa shape index (κ1) is 26.9. The molecule has 8 nitrogen and oxygen atoms in total. The molecule has 1 aliphatic rings. The molecule has 0 atom stereocenters. The van der Waals surface area contributed by atoms with Gasteiger partial charge in [0.25, 0.3) is 5.91 Å². The van der Waals surface area contributed by atoms with Gasteiger partial charge >= 0.3 is 0 Å². The lowest BCUT2D eigenvalue weighted by Gasteiger charge is -2.25. The third kappa shape index (κ3) is 5.03. The number of amides is 1. The van der Waals surface area contributed by atoms with E-state index in [1.807, 2.05) is 24.3 Å². The van der Waals surface area contributed by atoms with E-state index in [0.29, 0.717) is 44.7 Å². The number of nitrogens with zero attached hydrogens (tertiary/aromatic N) is 4. The molecule has 0 radical (unpaired) electrons. The van der Waals surface area contributed by atoms with E-state index < -0.39 is 15.9 Å². The van der Waals surface area contributed by atoms with E-state index in [2.05, 4.69) is 35.1 Å². The van der Waals surface area contributed by atoms with Gasteiger partial charge in [-0.25, -0.2) is 17.4 Å². The van der Waals surface area contributed by atoms with Crippen molar-refractivity contribution >= 4 is 27.0 Å². The number of hydrogen-bond acceptors (Lipinski definition) is 6. The highest BCUT2D eigenvalue weighted by molar-refractivity contribution is 7.89. The summed E-state index contributed by atoms with van der Waals surface area (Å²) in [5.74, 6) is -0.723. The number of aryl methyl sites for hydroxylation is 2. The van der Waals surface area contributed by atoms with Crippen LogP contribution in [0.5, 0.6) is 0 Å². The number of carbonyl (C=O) groups is 1. The highest BCUT2D eigenvalue weighted by atomic mass is 32.2. The van der Waals surface area contributed by atoms with Gasteiger partial charge in [0.2, 0.25) is 10.0 Å². The topological polar surface area (TPSA) is 111 Å². The third-order valence-corrected chi connectivity index (χ3v) is 9.34. The van der Waals surface area contributed by atoms with Gasteiger partial charge in [0.05, 0.1) is 22.7 Å². The van der Waals surface area contributed by atoms with Gasteiger partial charge in [-0.05, 0) is 73.3 Å². The second kappa shape index (κ2) is 10.2. The minimum absolute atomic E-state index is 0.176. The SMILES string of the molecule is Cc1cc(-c2cn(S(=O)(=O)Cc3ccccc3)c3ncc(-c4ccc5c(c4)CN(C)CC5)cc23)nc(C)c1C(N)=O. The van der Waals surface area contributed by atoms with Crippen LogP contribution in [0.2, 0.25) is 0 Å². The van der Waals surface area contributed by atoms with Crippen molar-refractivity contribution in [2.75, 3.05) is 13.6 Å². The van der Waals surface area contributed by atoms with Crippen LogP contribution in [0, 0.1) is 13.8 Å². The van der Waals surface area contributed by atoms with Crippen molar-refractivity contribution in [1.82, 2.24) is 18.8 Å². The summed E-state index contributed by atoms with van der Waals surface area (Å²) in [6.07, 6.45) is 4.34. The van der Waals surface area contributed by atoms with E-state index >= 15 is 0 Å². The predicted molar refractivity (Wildman–Crippen MR) is 161 cm³/mol. The smallest absolute Gasteiger partial charge is 0.250 e. The van der Waals surface area contributed by atoms with Crippen molar-refractivity contribution in [1.29, 1.82) is 0 Å². The van der Waals surface area contributed by atoms with Gasteiger partial charge in [0.1, 0.15) is 0 Å².